The number of aromatic carboxylic acids is 1. The molecule has 0 atom stereocenters. The topological polar surface area (TPSA) is 86.9 Å². The number of hydrogen-bond acceptors (Lipinski definition) is 4. The van der Waals surface area contributed by atoms with Crippen LogP contribution in [-0.2, 0) is 0 Å². The molecule has 0 spiro atoms. The number of carbonyl (C=O) groups is 1. The first-order valence-electron chi connectivity index (χ1n) is 4.98. The summed E-state index contributed by atoms with van der Waals surface area (Å²) >= 11 is 11.5. The third kappa shape index (κ3) is 2.81. The van der Waals surface area contributed by atoms with Crippen molar-refractivity contribution in [1.29, 1.82) is 5.26 Å². The van der Waals surface area contributed by atoms with Gasteiger partial charge >= 0.3 is 5.97 Å². The van der Waals surface area contributed by atoms with Gasteiger partial charge in [0, 0.05) is 11.8 Å². The van der Waals surface area contributed by atoms with Gasteiger partial charge in [-0.2, -0.15) is 5.26 Å². The molecule has 0 aliphatic heterocycles. The molecule has 2 heterocycles. The molecule has 0 saturated carbocycles. The van der Waals surface area contributed by atoms with E-state index in [1.54, 1.807) is 0 Å². The van der Waals surface area contributed by atoms with Crippen LogP contribution in [0.1, 0.15) is 15.9 Å². The second kappa shape index (κ2) is 5.22. The predicted molar refractivity (Wildman–Crippen MR) is 69.2 cm³/mol. The van der Waals surface area contributed by atoms with Crippen molar-refractivity contribution in [2.45, 2.75) is 0 Å². The van der Waals surface area contributed by atoms with Crippen molar-refractivity contribution in [3.63, 3.8) is 0 Å². The van der Waals surface area contributed by atoms with Crippen molar-refractivity contribution in [2.24, 2.45) is 0 Å². The molecule has 0 aliphatic rings. The van der Waals surface area contributed by atoms with Crippen molar-refractivity contribution in [3.05, 3.63) is 45.8 Å². The molecule has 7 heteroatoms. The van der Waals surface area contributed by atoms with Crippen molar-refractivity contribution in [1.82, 2.24) is 9.97 Å². The van der Waals surface area contributed by atoms with Gasteiger partial charge in [-0.25, -0.2) is 9.78 Å². The molecule has 5 nitrogen and oxygen atoms in total. The Labute approximate surface area is 118 Å². The fourth-order valence-electron chi connectivity index (χ4n) is 1.52. The summed E-state index contributed by atoms with van der Waals surface area (Å²) in [5.41, 5.74) is 0.661. The first-order chi connectivity index (χ1) is 9.01. The lowest BCUT2D eigenvalue weighted by Crippen LogP contribution is -2.02. The Kier molecular flexibility index (Phi) is 3.65. The highest BCUT2D eigenvalue weighted by atomic mass is 35.5. The Hall–Kier alpha value is -2.16. The Morgan fingerprint density at radius 3 is 2.42 bits per heavy atom. The van der Waals surface area contributed by atoms with E-state index in [9.17, 15) is 4.79 Å². The second-order valence-electron chi connectivity index (χ2n) is 3.54. The Morgan fingerprint density at radius 1 is 1.26 bits per heavy atom. The molecule has 0 radical (unpaired) electrons. The van der Waals surface area contributed by atoms with Crippen LogP contribution < -0.4 is 0 Å². The highest BCUT2D eigenvalue weighted by molar-refractivity contribution is 6.32. The van der Waals surface area contributed by atoms with E-state index in [2.05, 4.69) is 9.97 Å². The maximum atomic E-state index is 11.2. The van der Waals surface area contributed by atoms with Gasteiger partial charge in [0.05, 0.1) is 16.8 Å². The van der Waals surface area contributed by atoms with Crippen molar-refractivity contribution in [3.8, 4) is 17.3 Å². The normalized spacial score (nSPS) is 9.95. The minimum Gasteiger partial charge on any atom is -0.478 e. The molecule has 0 fully saturated rings. The number of hydrogen-bond donors (Lipinski definition) is 1. The van der Waals surface area contributed by atoms with E-state index in [1.165, 1.54) is 24.4 Å². The summed E-state index contributed by atoms with van der Waals surface area (Å²) in [6.45, 7) is 0. The molecule has 0 aliphatic carbocycles. The SMILES string of the molecule is N#Cc1cnc(-c2cc(Cl)nc(Cl)c2)c(C(=O)O)c1. The Balaban J connectivity index is 2.68. The third-order valence-corrected chi connectivity index (χ3v) is 2.67. The highest BCUT2D eigenvalue weighted by Gasteiger charge is 2.15. The van der Waals surface area contributed by atoms with Crippen LogP contribution >= 0.6 is 23.2 Å². The first kappa shape index (κ1) is 13.3. The fraction of sp³-hybridized carbons (Fsp3) is 0. The number of halogens is 2. The summed E-state index contributed by atoms with van der Waals surface area (Å²) in [6.07, 6.45) is 1.28. The van der Waals surface area contributed by atoms with E-state index >= 15 is 0 Å². The zero-order valence-electron chi connectivity index (χ0n) is 9.26. The van der Waals surface area contributed by atoms with Crippen LogP contribution in [0.4, 0.5) is 0 Å². The number of carboxylic acid groups (broad SMARTS) is 1. The fourth-order valence-corrected chi connectivity index (χ4v) is 1.98. The summed E-state index contributed by atoms with van der Waals surface area (Å²) in [7, 11) is 0. The molecule has 0 amide bonds. The van der Waals surface area contributed by atoms with Crippen molar-refractivity contribution < 1.29 is 9.90 Å². The summed E-state index contributed by atoms with van der Waals surface area (Å²) in [5, 5.41) is 18.2. The molecule has 0 unspecified atom stereocenters. The molecule has 2 aromatic heterocycles. The summed E-state index contributed by atoms with van der Waals surface area (Å²) < 4.78 is 0. The van der Waals surface area contributed by atoms with Gasteiger partial charge in [0.2, 0.25) is 0 Å². The minimum atomic E-state index is -1.19. The largest absolute Gasteiger partial charge is 0.478 e. The summed E-state index contributed by atoms with van der Waals surface area (Å²) in [5.74, 6) is -1.19. The standard InChI is InChI=1S/C12H5Cl2N3O2/c13-9-2-7(3-10(14)17-9)11-8(12(18)19)1-6(4-15)5-16-11/h1-3,5H,(H,18,19). The first-order valence-corrected chi connectivity index (χ1v) is 5.73. The average Bonchev–Trinajstić information content (AvgIpc) is 2.36. The number of aromatic nitrogens is 2. The molecular formula is C12H5Cl2N3O2. The molecule has 2 rings (SSSR count). The number of nitriles is 1. The molecule has 0 aromatic carbocycles. The maximum absolute atomic E-state index is 11.2. The van der Waals surface area contributed by atoms with Gasteiger partial charge in [0.25, 0.3) is 0 Å². The monoisotopic (exact) mass is 293 g/mol. The number of rotatable bonds is 2. The molecule has 2 aromatic rings. The van der Waals surface area contributed by atoms with Crippen LogP contribution in [0.3, 0.4) is 0 Å². The molecular weight excluding hydrogens is 289 g/mol. The Morgan fingerprint density at radius 2 is 1.89 bits per heavy atom. The van der Waals surface area contributed by atoms with Crippen LogP contribution in [0.15, 0.2) is 24.4 Å². The van der Waals surface area contributed by atoms with Gasteiger partial charge in [-0.3, -0.25) is 4.98 Å². The zero-order chi connectivity index (χ0) is 14.0. The molecule has 94 valence electrons. The van der Waals surface area contributed by atoms with E-state index < -0.39 is 5.97 Å². The minimum absolute atomic E-state index is 0.0996. The quantitative estimate of drug-likeness (QED) is 0.860. The smallest absolute Gasteiger partial charge is 0.337 e. The van der Waals surface area contributed by atoms with E-state index in [1.807, 2.05) is 6.07 Å². The lowest BCUT2D eigenvalue weighted by Gasteiger charge is -2.06. The van der Waals surface area contributed by atoms with E-state index in [0.29, 0.717) is 5.56 Å². The summed E-state index contributed by atoms with van der Waals surface area (Å²) in [6, 6.07) is 5.98. The van der Waals surface area contributed by atoms with E-state index in [0.717, 1.165) is 0 Å². The van der Waals surface area contributed by atoms with Crippen LogP contribution in [-0.4, -0.2) is 21.0 Å². The van der Waals surface area contributed by atoms with E-state index in [-0.39, 0.29) is 27.1 Å². The van der Waals surface area contributed by atoms with Crippen molar-refractivity contribution in [2.75, 3.05) is 0 Å². The van der Waals surface area contributed by atoms with Crippen LogP contribution in [0, 0.1) is 11.3 Å². The zero-order valence-corrected chi connectivity index (χ0v) is 10.8. The highest BCUT2D eigenvalue weighted by Crippen LogP contribution is 2.26. The van der Waals surface area contributed by atoms with Gasteiger partial charge < -0.3 is 5.11 Å². The average molecular weight is 294 g/mol. The lowest BCUT2D eigenvalue weighted by molar-refractivity contribution is 0.0697. The second-order valence-corrected chi connectivity index (χ2v) is 4.31. The molecule has 19 heavy (non-hydrogen) atoms. The molecule has 0 bridgehead atoms. The Bertz CT molecular complexity index is 690. The van der Waals surface area contributed by atoms with Gasteiger partial charge in [0.1, 0.15) is 16.4 Å². The van der Waals surface area contributed by atoms with Gasteiger partial charge in [-0.05, 0) is 18.2 Å². The van der Waals surface area contributed by atoms with Crippen LogP contribution in [0.25, 0.3) is 11.3 Å². The summed E-state index contributed by atoms with van der Waals surface area (Å²) in [4.78, 5) is 18.9. The molecule has 0 saturated heterocycles. The van der Waals surface area contributed by atoms with Gasteiger partial charge in [-0.15, -0.1) is 0 Å². The van der Waals surface area contributed by atoms with Gasteiger partial charge in [0.15, 0.2) is 0 Å². The third-order valence-electron chi connectivity index (χ3n) is 2.28. The van der Waals surface area contributed by atoms with Crippen molar-refractivity contribution >= 4 is 29.2 Å². The lowest BCUT2D eigenvalue weighted by atomic mass is 10.1. The maximum Gasteiger partial charge on any atom is 0.337 e. The number of nitrogens with zero attached hydrogens (tertiary/aromatic N) is 3. The molecule has 1 N–H and O–H groups in total. The predicted octanol–water partition coefficient (Wildman–Crippen LogP) is 3.02. The number of pyridine rings is 2. The van der Waals surface area contributed by atoms with E-state index in [4.69, 9.17) is 33.6 Å². The van der Waals surface area contributed by atoms with Crippen LogP contribution in [0.2, 0.25) is 10.3 Å². The van der Waals surface area contributed by atoms with Gasteiger partial charge in [-0.1, -0.05) is 23.2 Å². The number of carboxylic acids is 1. The van der Waals surface area contributed by atoms with Crippen LogP contribution in [0.5, 0.6) is 0 Å².